The molecule has 0 spiro atoms. The van der Waals surface area contributed by atoms with Gasteiger partial charge in [-0.1, -0.05) is 18.2 Å². The van der Waals surface area contributed by atoms with E-state index < -0.39 is 16.1 Å². The van der Waals surface area contributed by atoms with Crippen molar-refractivity contribution in [3.8, 4) is 5.75 Å². The van der Waals surface area contributed by atoms with E-state index in [0.717, 1.165) is 5.56 Å². The first-order chi connectivity index (χ1) is 11.4. The lowest BCUT2D eigenvalue weighted by molar-refractivity contribution is 0.166. The van der Waals surface area contributed by atoms with Crippen LogP contribution >= 0.6 is 0 Å². The molecule has 5 nitrogen and oxygen atoms in total. The van der Waals surface area contributed by atoms with E-state index in [1.165, 1.54) is 4.31 Å². The minimum absolute atomic E-state index is 0.257. The average Bonchev–Trinajstić information content (AvgIpc) is 2.55. The van der Waals surface area contributed by atoms with Crippen LogP contribution in [0.25, 0.3) is 0 Å². The van der Waals surface area contributed by atoms with Crippen LogP contribution in [0.3, 0.4) is 0 Å². The Labute approximate surface area is 142 Å². The van der Waals surface area contributed by atoms with Gasteiger partial charge in [0.05, 0.1) is 23.8 Å². The average molecular weight is 347 g/mol. The van der Waals surface area contributed by atoms with Gasteiger partial charge in [-0.05, 0) is 49.6 Å². The zero-order valence-corrected chi connectivity index (χ0v) is 14.8. The smallest absolute Gasteiger partial charge is 0.264 e. The van der Waals surface area contributed by atoms with Gasteiger partial charge in [-0.3, -0.25) is 4.31 Å². The molecule has 6 heteroatoms. The quantitative estimate of drug-likeness (QED) is 0.927. The Kier molecular flexibility index (Phi) is 4.27. The van der Waals surface area contributed by atoms with Gasteiger partial charge in [-0.2, -0.15) is 0 Å². The Hall–Kier alpha value is -2.05. The number of methoxy groups -OCH3 is 1. The lowest BCUT2D eigenvalue weighted by Crippen LogP contribution is -2.37. The molecule has 1 heterocycles. The van der Waals surface area contributed by atoms with Gasteiger partial charge in [0.1, 0.15) is 5.75 Å². The summed E-state index contributed by atoms with van der Waals surface area (Å²) in [6, 6.07) is 10.4. The molecule has 2 aromatic carbocycles. The highest BCUT2D eigenvalue weighted by Gasteiger charge is 2.34. The summed E-state index contributed by atoms with van der Waals surface area (Å²) in [6.45, 7) is 3.88. The Balaban J connectivity index is 2.14. The summed E-state index contributed by atoms with van der Waals surface area (Å²) in [5, 5.41) is 10.2. The summed E-state index contributed by atoms with van der Waals surface area (Å²) in [5.41, 5.74) is 2.72. The number of benzene rings is 2. The highest BCUT2D eigenvalue weighted by atomic mass is 32.2. The second kappa shape index (κ2) is 6.11. The van der Waals surface area contributed by atoms with Crippen LogP contribution in [0.5, 0.6) is 5.75 Å². The Morgan fingerprint density at radius 1 is 1.17 bits per heavy atom. The molecule has 2 aromatic rings. The van der Waals surface area contributed by atoms with E-state index >= 15 is 0 Å². The number of fused-ring (bicyclic) bond motifs is 1. The lowest BCUT2D eigenvalue weighted by atomic mass is 9.98. The van der Waals surface area contributed by atoms with Gasteiger partial charge in [-0.25, -0.2) is 8.42 Å². The van der Waals surface area contributed by atoms with Crippen molar-refractivity contribution < 1.29 is 18.3 Å². The van der Waals surface area contributed by atoms with Gasteiger partial charge >= 0.3 is 0 Å². The standard InChI is InChI=1S/C18H21NO4S/c1-12-5-4-6-15-16(20)9-10-19(18(12)15)24(21,22)17-8-7-14(23-3)11-13(17)2/h4-8,11,16,20H,9-10H2,1-3H3. The van der Waals surface area contributed by atoms with Crippen molar-refractivity contribution in [3.63, 3.8) is 0 Å². The molecule has 1 unspecified atom stereocenters. The molecular weight excluding hydrogens is 326 g/mol. The highest BCUT2D eigenvalue weighted by Crippen LogP contribution is 2.39. The molecule has 1 aliphatic heterocycles. The van der Waals surface area contributed by atoms with Crippen LogP contribution in [0.2, 0.25) is 0 Å². The van der Waals surface area contributed by atoms with E-state index in [-0.39, 0.29) is 11.4 Å². The second-order valence-corrected chi connectivity index (χ2v) is 7.86. The third kappa shape index (κ3) is 2.65. The van der Waals surface area contributed by atoms with Gasteiger partial charge in [0.2, 0.25) is 0 Å². The number of rotatable bonds is 3. The lowest BCUT2D eigenvalue weighted by Gasteiger charge is -2.34. The predicted molar refractivity (Wildman–Crippen MR) is 93.0 cm³/mol. The first-order valence-electron chi connectivity index (χ1n) is 7.81. The van der Waals surface area contributed by atoms with Crippen molar-refractivity contribution in [2.45, 2.75) is 31.3 Å². The second-order valence-electron chi connectivity index (χ2n) is 6.03. The zero-order valence-electron chi connectivity index (χ0n) is 14.0. The van der Waals surface area contributed by atoms with Gasteiger partial charge in [0.25, 0.3) is 10.0 Å². The number of sulfonamides is 1. The number of anilines is 1. The summed E-state index contributed by atoms with van der Waals surface area (Å²) in [6.07, 6.45) is -0.256. The molecule has 3 rings (SSSR count). The summed E-state index contributed by atoms with van der Waals surface area (Å²) < 4.78 is 33.0. The molecule has 1 N–H and O–H groups in total. The monoisotopic (exact) mass is 347 g/mol. The molecule has 1 aliphatic rings. The first kappa shape index (κ1) is 16.8. The minimum Gasteiger partial charge on any atom is -0.497 e. The van der Waals surface area contributed by atoms with E-state index in [1.807, 2.05) is 19.1 Å². The number of aryl methyl sites for hydroxylation is 2. The maximum atomic E-state index is 13.2. The van der Waals surface area contributed by atoms with Gasteiger partial charge < -0.3 is 9.84 Å². The van der Waals surface area contributed by atoms with Crippen molar-refractivity contribution >= 4 is 15.7 Å². The fourth-order valence-electron chi connectivity index (χ4n) is 3.20. The molecular formula is C18H21NO4S. The van der Waals surface area contributed by atoms with Crippen LogP contribution in [0.1, 0.15) is 29.2 Å². The Bertz CT molecular complexity index is 877. The highest BCUT2D eigenvalue weighted by molar-refractivity contribution is 7.92. The maximum Gasteiger partial charge on any atom is 0.264 e. The number of hydrogen-bond donors (Lipinski definition) is 1. The van der Waals surface area contributed by atoms with Crippen LogP contribution in [0.15, 0.2) is 41.3 Å². The molecule has 24 heavy (non-hydrogen) atoms. The van der Waals surface area contributed by atoms with Crippen molar-refractivity contribution in [1.29, 1.82) is 0 Å². The van der Waals surface area contributed by atoms with E-state index in [2.05, 4.69) is 0 Å². The zero-order chi connectivity index (χ0) is 17.5. The largest absolute Gasteiger partial charge is 0.497 e. The fraction of sp³-hybridized carbons (Fsp3) is 0.333. The minimum atomic E-state index is -3.71. The third-order valence-corrected chi connectivity index (χ3v) is 6.39. The molecule has 128 valence electrons. The summed E-state index contributed by atoms with van der Waals surface area (Å²) in [7, 11) is -2.16. The number of ether oxygens (including phenoxy) is 1. The number of hydrogen-bond acceptors (Lipinski definition) is 4. The van der Waals surface area contributed by atoms with Crippen molar-refractivity contribution in [2.75, 3.05) is 18.0 Å². The van der Waals surface area contributed by atoms with Crippen LogP contribution in [0, 0.1) is 13.8 Å². The van der Waals surface area contributed by atoms with Crippen LogP contribution < -0.4 is 9.04 Å². The van der Waals surface area contributed by atoms with E-state index in [9.17, 15) is 13.5 Å². The van der Waals surface area contributed by atoms with Crippen LogP contribution in [0.4, 0.5) is 5.69 Å². The number of nitrogens with zero attached hydrogens (tertiary/aromatic N) is 1. The molecule has 0 bridgehead atoms. The normalized spacial score (nSPS) is 17.5. The predicted octanol–water partition coefficient (Wildman–Crippen LogP) is 2.94. The van der Waals surface area contributed by atoms with Crippen molar-refractivity contribution in [2.24, 2.45) is 0 Å². The van der Waals surface area contributed by atoms with E-state index in [1.54, 1.807) is 38.3 Å². The molecule has 0 aliphatic carbocycles. The molecule has 0 aromatic heterocycles. The molecule has 1 atom stereocenters. The van der Waals surface area contributed by atoms with Crippen molar-refractivity contribution in [1.82, 2.24) is 0 Å². The topological polar surface area (TPSA) is 66.8 Å². The number of aliphatic hydroxyl groups is 1. The summed E-state index contributed by atoms with van der Waals surface area (Å²) in [5.74, 6) is 0.622. The third-order valence-electron chi connectivity index (χ3n) is 4.43. The van der Waals surface area contributed by atoms with E-state index in [4.69, 9.17) is 4.74 Å². The summed E-state index contributed by atoms with van der Waals surface area (Å²) in [4.78, 5) is 0.258. The molecule has 0 fully saturated rings. The number of aliphatic hydroxyl groups excluding tert-OH is 1. The SMILES string of the molecule is COc1ccc(S(=O)(=O)N2CCC(O)c3cccc(C)c32)c(C)c1. The molecule has 0 saturated heterocycles. The molecule has 0 saturated carbocycles. The first-order valence-corrected chi connectivity index (χ1v) is 9.25. The van der Waals surface area contributed by atoms with Gasteiger partial charge in [0.15, 0.2) is 0 Å². The molecule has 0 radical (unpaired) electrons. The van der Waals surface area contributed by atoms with Crippen molar-refractivity contribution in [3.05, 3.63) is 53.1 Å². The number of para-hydroxylation sites is 1. The molecule has 0 amide bonds. The van der Waals surface area contributed by atoms with Gasteiger partial charge in [0, 0.05) is 12.1 Å². The van der Waals surface area contributed by atoms with Crippen LogP contribution in [-0.2, 0) is 10.0 Å². The van der Waals surface area contributed by atoms with Gasteiger partial charge in [-0.15, -0.1) is 0 Å². The maximum absolute atomic E-state index is 13.2. The van der Waals surface area contributed by atoms with E-state index in [0.29, 0.717) is 29.0 Å². The van der Waals surface area contributed by atoms with Crippen LogP contribution in [-0.4, -0.2) is 27.2 Å². The fourth-order valence-corrected chi connectivity index (χ4v) is 4.97. The summed E-state index contributed by atoms with van der Waals surface area (Å²) >= 11 is 0. The Morgan fingerprint density at radius 2 is 1.92 bits per heavy atom. The Morgan fingerprint density at radius 3 is 2.58 bits per heavy atom.